The van der Waals surface area contributed by atoms with Crippen LogP contribution in [0.4, 0.5) is 0 Å². The van der Waals surface area contributed by atoms with E-state index in [-0.39, 0.29) is 29.9 Å². The molecule has 25 heavy (non-hydrogen) atoms. The summed E-state index contributed by atoms with van der Waals surface area (Å²) < 4.78 is 0. The number of aliphatic hydroxyl groups excluding tert-OH is 2. The van der Waals surface area contributed by atoms with Crippen LogP contribution in [0, 0.1) is 11.8 Å². The van der Waals surface area contributed by atoms with E-state index in [9.17, 15) is 19.8 Å². The lowest BCUT2D eigenvalue weighted by atomic mass is 9.90. The normalized spacial score (nSPS) is 25.2. The number of primary amides is 1. The van der Waals surface area contributed by atoms with Gasteiger partial charge in [0.25, 0.3) is 0 Å². The third-order valence-corrected chi connectivity index (χ3v) is 4.75. The highest BCUT2D eigenvalue weighted by Gasteiger charge is 2.39. The summed E-state index contributed by atoms with van der Waals surface area (Å²) >= 11 is 0. The highest BCUT2D eigenvalue weighted by atomic mass is 16.3. The average molecular weight is 351 g/mol. The molecule has 0 heterocycles. The number of carbonyl (C=O) groups excluding carboxylic acids is 2. The zero-order valence-electron chi connectivity index (χ0n) is 15.3. The Hall–Kier alpha value is -1.46. The largest absolute Gasteiger partial charge is 0.392 e. The Morgan fingerprint density at radius 3 is 2.76 bits per heavy atom. The first-order chi connectivity index (χ1) is 12.0. The summed E-state index contributed by atoms with van der Waals surface area (Å²) in [6.07, 6.45) is 12.8. The SMILES string of the molecule is CCCCC[C@H](O)/C=C/[C@H]1C(=O)C[C@H](O)[C@@H]1C/C=C\CCCC(N)=O. The highest BCUT2D eigenvalue weighted by molar-refractivity contribution is 5.86. The lowest BCUT2D eigenvalue weighted by molar-refractivity contribution is -0.120. The van der Waals surface area contributed by atoms with Crippen molar-refractivity contribution in [1.29, 1.82) is 0 Å². The second-order valence-electron chi connectivity index (χ2n) is 6.94. The van der Waals surface area contributed by atoms with Crippen molar-refractivity contribution >= 4 is 11.7 Å². The van der Waals surface area contributed by atoms with Gasteiger partial charge in [-0.05, 0) is 25.7 Å². The number of hydrogen-bond acceptors (Lipinski definition) is 4. The van der Waals surface area contributed by atoms with E-state index in [1.54, 1.807) is 12.2 Å². The molecular formula is C20H33NO4. The highest BCUT2D eigenvalue weighted by Crippen LogP contribution is 2.33. The number of carbonyl (C=O) groups is 2. The maximum atomic E-state index is 12.1. The first-order valence-corrected chi connectivity index (χ1v) is 9.46. The Labute approximate surface area is 151 Å². The molecule has 1 rings (SSSR count). The van der Waals surface area contributed by atoms with Crippen LogP contribution >= 0.6 is 0 Å². The van der Waals surface area contributed by atoms with E-state index in [1.165, 1.54) is 0 Å². The first kappa shape index (κ1) is 21.6. The number of rotatable bonds is 12. The predicted molar refractivity (Wildman–Crippen MR) is 98.7 cm³/mol. The Morgan fingerprint density at radius 2 is 2.08 bits per heavy atom. The second kappa shape index (κ2) is 12.0. The van der Waals surface area contributed by atoms with Gasteiger partial charge in [0.1, 0.15) is 5.78 Å². The summed E-state index contributed by atoms with van der Waals surface area (Å²) in [7, 11) is 0. The van der Waals surface area contributed by atoms with Crippen molar-refractivity contribution < 1.29 is 19.8 Å². The van der Waals surface area contributed by atoms with Gasteiger partial charge in [-0.15, -0.1) is 0 Å². The van der Waals surface area contributed by atoms with Gasteiger partial charge in [-0.3, -0.25) is 9.59 Å². The van der Waals surface area contributed by atoms with Crippen molar-refractivity contribution in [3.63, 3.8) is 0 Å². The zero-order valence-corrected chi connectivity index (χ0v) is 15.3. The fraction of sp³-hybridized carbons (Fsp3) is 0.700. The van der Waals surface area contributed by atoms with Gasteiger partial charge in [0.2, 0.25) is 5.91 Å². The lowest BCUT2D eigenvalue weighted by Crippen LogP contribution is -2.19. The molecule has 0 bridgehead atoms. The van der Waals surface area contributed by atoms with Crippen LogP contribution in [0.3, 0.4) is 0 Å². The molecule has 0 aromatic heterocycles. The molecule has 0 aromatic rings. The maximum absolute atomic E-state index is 12.1. The maximum Gasteiger partial charge on any atom is 0.217 e. The van der Waals surface area contributed by atoms with Gasteiger partial charge in [0.15, 0.2) is 0 Å². The number of aliphatic hydroxyl groups is 2. The summed E-state index contributed by atoms with van der Waals surface area (Å²) in [6, 6.07) is 0. The average Bonchev–Trinajstić information content (AvgIpc) is 2.82. The molecule has 0 saturated heterocycles. The van der Waals surface area contributed by atoms with Crippen molar-refractivity contribution in [1.82, 2.24) is 0 Å². The molecule has 5 nitrogen and oxygen atoms in total. The fourth-order valence-electron chi connectivity index (χ4n) is 3.24. The second-order valence-corrected chi connectivity index (χ2v) is 6.94. The minimum atomic E-state index is -0.630. The van der Waals surface area contributed by atoms with E-state index in [1.807, 2.05) is 12.2 Å². The van der Waals surface area contributed by atoms with Crippen LogP contribution in [-0.4, -0.2) is 34.1 Å². The summed E-state index contributed by atoms with van der Waals surface area (Å²) in [5.41, 5.74) is 5.09. The molecule has 0 unspecified atom stereocenters. The quantitative estimate of drug-likeness (QED) is 0.372. The van der Waals surface area contributed by atoms with Crippen molar-refractivity contribution in [3.8, 4) is 0 Å². The standard InChI is InChI=1S/C20H33NO4/c1-2-3-6-9-15(22)12-13-17-16(18(23)14-19(17)24)10-7-4-5-8-11-20(21)25/h4,7,12-13,15-18,22-23H,2-3,5-6,8-11,14H2,1H3,(H2,21,25)/b7-4-,13-12+/t15-,16+,17+,18-/m0/s1. The number of ketones is 1. The molecule has 0 radical (unpaired) electrons. The smallest absolute Gasteiger partial charge is 0.217 e. The zero-order chi connectivity index (χ0) is 18.7. The van der Waals surface area contributed by atoms with Gasteiger partial charge >= 0.3 is 0 Å². The number of hydrogen-bond donors (Lipinski definition) is 3. The molecular weight excluding hydrogens is 318 g/mol. The van der Waals surface area contributed by atoms with Crippen LogP contribution in [0.2, 0.25) is 0 Å². The minimum Gasteiger partial charge on any atom is -0.392 e. The van der Waals surface area contributed by atoms with Crippen molar-refractivity contribution in [2.75, 3.05) is 0 Å². The molecule has 0 spiro atoms. The van der Waals surface area contributed by atoms with Crippen LogP contribution in [0.5, 0.6) is 0 Å². The molecule has 0 aliphatic heterocycles. The van der Waals surface area contributed by atoms with Gasteiger partial charge in [-0.2, -0.15) is 0 Å². The van der Waals surface area contributed by atoms with E-state index in [4.69, 9.17) is 5.73 Å². The van der Waals surface area contributed by atoms with E-state index >= 15 is 0 Å². The Morgan fingerprint density at radius 1 is 1.32 bits per heavy atom. The van der Waals surface area contributed by atoms with Crippen LogP contribution in [0.25, 0.3) is 0 Å². The van der Waals surface area contributed by atoms with Gasteiger partial charge in [-0.1, -0.05) is 50.5 Å². The monoisotopic (exact) mass is 351 g/mol. The van der Waals surface area contributed by atoms with E-state index in [0.29, 0.717) is 25.7 Å². The molecule has 142 valence electrons. The Bertz CT molecular complexity index is 472. The molecule has 1 aliphatic rings. The molecule has 0 aromatic carbocycles. The number of allylic oxidation sites excluding steroid dienone is 3. The van der Waals surface area contributed by atoms with Crippen LogP contribution < -0.4 is 5.73 Å². The molecule has 1 saturated carbocycles. The minimum absolute atomic E-state index is 0.0386. The molecule has 1 fully saturated rings. The molecule has 5 heteroatoms. The van der Waals surface area contributed by atoms with Crippen molar-refractivity contribution in [2.24, 2.45) is 17.6 Å². The summed E-state index contributed by atoms with van der Waals surface area (Å²) in [6.45, 7) is 2.12. The topological polar surface area (TPSA) is 101 Å². The van der Waals surface area contributed by atoms with Gasteiger partial charge in [0, 0.05) is 24.7 Å². The number of amides is 1. The Kier molecular flexibility index (Phi) is 10.3. The fourth-order valence-corrected chi connectivity index (χ4v) is 3.24. The number of unbranched alkanes of at least 4 members (excludes halogenated alkanes) is 3. The summed E-state index contributed by atoms with van der Waals surface area (Å²) in [4.78, 5) is 22.8. The van der Waals surface area contributed by atoms with Crippen molar-refractivity contribution in [2.45, 2.75) is 76.9 Å². The Balaban J connectivity index is 2.48. The number of nitrogens with two attached hydrogens (primary N) is 1. The van der Waals surface area contributed by atoms with Gasteiger partial charge in [-0.25, -0.2) is 0 Å². The number of Topliss-reactive ketones (excluding diaryl/α,β-unsaturated/α-hetero) is 1. The molecule has 4 atom stereocenters. The first-order valence-electron chi connectivity index (χ1n) is 9.46. The third kappa shape index (κ3) is 8.45. The predicted octanol–water partition coefficient (Wildman–Crippen LogP) is 2.65. The van der Waals surface area contributed by atoms with E-state index in [0.717, 1.165) is 25.7 Å². The van der Waals surface area contributed by atoms with Crippen molar-refractivity contribution in [3.05, 3.63) is 24.3 Å². The van der Waals surface area contributed by atoms with Gasteiger partial charge in [0.05, 0.1) is 12.2 Å². The van der Waals surface area contributed by atoms with E-state index in [2.05, 4.69) is 6.92 Å². The van der Waals surface area contributed by atoms with Crippen LogP contribution in [0.1, 0.15) is 64.7 Å². The molecule has 1 amide bonds. The van der Waals surface area contributed by atoms with Gasteiger partial charge < -0.3 is 15.9 Å². The van der Waals surface area contributed by atoms with E-state index < -0.39 is 12.2 Å². The molecule has 4 N–H and O–H groups in total. The van der Waals surface area contributed by atoms with Crippen LogP contribution in [-0.2, 0) is 9.59 Å². The van der Waals surface area contributed by atoms with Crippen LogP contribution in [0.15, 0.2) is 24.3 Å². The lowest BCUT2D eigenvalue weighted by Gasteiger charge is -2.17. The summed E-state index contributed by atoms with van der Waals surface area (Å²) in [5.74, 6) is -0.727. The summed E-state index contributed by atoms with van der Waals surface area (Å²) in [5, 5.41) is 20.1. The third-order valence-electron chi connectivity index (χ3n) is 4.75. The molecule has 1 aliphatic carbocycles.